The molecule has 3 aliphatic rings. The molecule has 0 bridgehead atoms. The molecule has 1 aliphatic heterocycles. The van der Waals surface area contributed by atoms with E-state index in [4.69, 9.17) is 4.74 Å². The molecule has 3 nitrogen and oxygen atoms in total. The van der Waals surface area contributed by atoms with Crippen molar-refractivity contribution in [3.05, 3.63) is 144 Å². The van der Waals surface area contributed by atoms with Crippen LogP contribution in [-0.4, -0.2) is 4.57 Å². The highest BCUT2D eigenvalue weighted by Crippen LogP contribution is 2.48. The molecule has 1 N–H and O–H groups in total. The van der Waals surface area contributed by atoms with Gasteiger partial charge in [0, 0.05) is 54.0 Å². The Balaban J connectivity index is 1.08. The van der Waals surface area contributed by atoms with Crippen LogP contribution in [0.15, 0.2) is 127 Å². The van der Waals surface area contributed by atoms with Gasteiger partial charge in [-0.05, 0) is 65.2 Å². The number of allylic oxidation sites excluding steroid dienone is 5. The Morgan fingerprint density at radius 2 is 1.63 bits per heavy atom. The first-order chi connectivity index (χ1) is 21.3. The number of hydrogen-bond donors (Lipinski definition) is 1. The number of aromatic nitrogens is 1. The van der Waals surface area contributed by atoms with Gasteiger partial charge in [0.1, 0.15) is 5.75 Å². The van der Waals surface area contributed by atoms with Crippen molar-refractivity contribution in [2.75, 3.05) is 5.32 Å². The normalized spacial score (nSPS) is 18.5. The molecule has 4 heteroatoms. The summed E-state index contributed by atoms with van der Waals surface area (Å²) in [4.78, 5) is 0. The highest BCUT2D eigenvalue weighted by Gasteiger charge is 2.29. The Morgan fingerprint density at radius 1 is 0.767 bits per heavy atom. The van der Waals surface area contributed by atoms with E-state index >= 15 is 0 Å². The van der Waals surface area contributed by atoms with Gasteiger partial charge < -0.3 is 14.6 Å². The van der Waals surface area contributed by atoms with Gasteiger partial charge in [-0.15, -0.1) is 11.3 Å². The minimum absolute atomic E-state index is 0.225. The molecule has 2 aliphatic carbocycles. The lowest BCUT2D eigenvalue weighted by Gasteiger charge is -2.24. The zero-order valence-electron chi connectivity index (χ0n) is 23.2. The van der Waals surface area contributed by atoms with E-state index < -0.39 is 0 Å². The van der Waals surface area contributed by atoms with Crippen LogP contribution in [0.5, 0.6) is 5.75 Å². The summed E-state index contributed by atoms with van der Waals surface area (Å²) in [6.45, 7) is 0. The maximum atomic E-state index is 6.48. The smallest absolute Gasteiger partial charge is 0.196 e. The van der Waals surface area contributed by atoms with Gasteiger partial charge >= 0.3 is 0 Å². The summed E-state index contributed by atoms with van der Waals surface area (Å²) in [6, 6.07) is 35.2. The van der Waals surface area contributed by atoms with Gasteiger partial charge in [-0.2, -0.15) is 0 Å². The number of ether oxygens (including phenoxy) is 1. The molecule has 0 radical (unpaired) electrons. The predicted molar refractivity (Wildman–Crippen MR) is 181 cm³/mol. The second kappa shape index (κ2) is 8.73. The second-order valence-electron chi connectivity index (χ2n) is 11.7. The minimum Gasteiger partial charge on any atom is -0.464 e. The zero-order valence-corrected chi connectivity index (χ0v) is 24.1. The number of nitrogens with zero attached hydrogens (tertiary/aromatic N) is 1. The van der Waals surface area contributed by atoms with E-state index in [-0.39, 0.29) is 6.23 Å². The summed E-state index contributed by atoms with van der Waals surface area (Å²) >= 11 is 1.83. The molecule has 3 heterocycles. The number of rotatable bonds is 2. The molecule has 5 aromatic carbocycles. The Hall–Kier alpha value is -5.06. The van der Waals surface area contributed by atoms with Gasteiger partial charge in [0.15, 0.2) is 6.23 Å². The lowest BCUT2D eigenvalue weighted by Crippen LogP contribution is -2.14. The molecule has 7 aromatic rings. The average molecular weight is 571 g/mol. The average Bonchev–Trinajstić information content (AvgIpc) is 3.75. The fourth-order valence-corrected chi connectivity index (χ4v) is 8.50. The van der Waals surface area contributed by atoms with Crippen molar-refractivity contribution in [1.82, 2.24) is 4.57 Å². The van der Waals surface area contributed by atoms with Crippen LogP contribution < -0.4 is 10.1 Å². The van der Waals surface area contributed by atoms with Crippen molar-refractivity contribution in [3.63, 3.8) is 0 Å². The van der Waals surface area contributed by atoms with Crippen LogP contribution in [0.1, 0.15) is 23.0 Å². The Labute approximate surface area is 252 Å². The van der Waals surface area contributed by atoms with Crippen LogP contribution in [0.3, 0.4) is 0 Å². The van der Waals surface area contributed by atoms with E-state index in [0.29, 0.717) is 5.92 Å². The molecule has 0 saturated heterocycles. The van der Waals surface area contributed by atoms with Crippen molar-refractivity contribution in [2.45, 2.75) is 12.6 Å². The molecule has 43 heavy (non-hydrogen) atoms. The molecule has 2 atom stereocenters. The van der Waals surface area contributed by atoms with Crippen molar-refractivity contribution in [3.8, 4) is 11.4 Å². The van der Waals surface area contributed by atoms with Crippen LogP contribution >= 0.6 is 11.3 Å². The predicted octanol–water partition coefficient (Wildman–Crippen LogP) is 10.3. The lowest BCUT2D eigenvalue weighted by molar-refractivity contribution is 0.260. The minimum atomic E-state index is -0.225. The first kappa shape index (κ1) is 23.5. The van der Waals surface area contributed by atoms with Gasteiger partial charge in [0.05, 0.1) is 11.2 Å². The molecule has 0 amide bonds. The first-order valence-corrected chi connectivity index (χ1v) is 15.7. The molecule has 2 aromatic heterocycles. The highest BCUT2D eigenvalue weighted by molar-refractivity contribution is 7.26. The highest BCUT2D eigenvalue weighted by atomic mass is 32.1. The van der Waals surface area contributed by atoms with Gasteiger partial charge in [-0.25, -0.2) is 0 Å². The summed E-state index contributed by atoms with van der Waals surface area (Å²) in [7, 11) is 0. The van der Waals surface area contributed by atoms with E-state index in [1.54, 1.807) is 0 Å². The fraction of sp³-hybridized carbons (Fsp3) is 0.0769. The zero-order chi connectivity index (χ0) is 28.1. The Kier molecular flexibility index (Phi) is 4.77. The Bertz CT molecular complexity index is 2380. The van der Waals surface area contributed by atoms with E-state index in [1.165, 1.54) is 64.4 Å². The van der Waals surface area contributed by atoms with Crippen molar-refractivity contribution in [2.24, 2.45) is 5.92 Å². The number of hydrogen-bond acceptors (Lipinski definition) is 3. The van der Waals surface area contributed by atoms with Crippen LogP contribution in [-0.2, 0) is 6.42 Å². The third-order valence-electron chi connectivity index (χ3n) is 9.37. The number of anilines is 1. The largest absolute Gasteiger partial charge is 0.464 e. The number of fused-ring (bicyclic) bond motifs is 11. The number of benzene rings is 5. The van der Waals surface area contributed by atoms with E-state index in [0.717, 1.165) is 23.4 Å². The van der Waals surface area contributed by atoms with E-state index in [9.17, 15) is 0 Å². The summed E-state index contributed by atoms with van der Waals surface area (Å²) in [6.07, 6.45) is 12.1. The summed E-state index contributed by atoms with van der Waals surface area (Å²) in [5.74, 6) is 1.32. The quantitative estimate of drug-likeness (QED) is 0.224. The molecule has 0 spiro atoms. The van der Waals surface area contributed by atoms with Gasteiger partial charge in [-0.1, -0.05) is 85.0 Å². The monoisotopic (exact) mass is 570 g/mol. The van der Waals surface area contributed by atoms with Crippen LogP contribution in [0.2, 0.25) is 0 Å². The standard InChI is InChI=1S/C39H26N2OS/c1-2-9-26-22-32-30(21-25(26)8-1)36-28-10-4-3-7-23(28)15-18-31(36)41(32)27-16-13-24(14-17-27)39-40-38-33(42-39)19-20-35-37(38)29-11-5-6-12-34(29)43-35/h1-21,26,39-40H,22H2. The Morgan fingerprint density at radius 3 is 2.56 bits per heavy atom. The molecule has 0 fully saturated rings. The molecular formula is C39H26N2OS. The van der Waals surface area contributed by atoms with Crippen molar-refractivity contribution in [1.29, 1.82) is 0 Å². The molecule has 0 saturated carbocycles. The number of thiophene rings is 1. The lowest BCUT2D eigenvalue weighted by atomic mass is 9.83. The van der Waals surface area contributed by atoms with Crippen LogP contribution in [0, 0.1) is 5.92 Å². The topological polar surface area (TPSA) is 26.2 Å². The maximum absolute atomic E-state index is 6.48. The SMILES string of the molecule is C1=CC2=Cc3c(n(-c4ccc(C5Nc6c(ccc7sc8ccccc8c67)O5)cc4)c4ccc5ccccc5c34)CC2C=C1. The number of nitrogens with one attached hydrogen (secondary N) is 1. The van der Waals surface area contributed by atoms with Gasteiger partial charge in [-0.3, -0.25) is 0 Å². The summed E-state index contributed by atoms with van der Waals surface area (Å²) in [5.41, 5.74) is 8.78. The van der Waals surface area contributed by atoms with E-state index in [2.05, 4.69) is 137 Å². The summed E-state index contributed by atoms with van der Waals surface area (Å²) in [5, 5.41) is 10.2. The third kappa shape index (κ3) is 3.35. The summed E-state index contributed by atoms with van der Waals surface area (Å²) < 4.78 is 11.6. The molecule has 2 unspecified atom stereocenters. The molecule has 10 rings (SSSR count). The van der Waals surface area contributed by atoms with Crippen molar-refractivity contribution >= 4 is 64.9 Å². The van der Waals surface area contributed by atoms with E-state index in [1.807, 2.05) is 11.3 Å². The van der Waals surface area contributed by atoms with Gasteiger partial charge in [0.25, 0.3) is 0 Å². The van der Waals surface area contributed by atoms with Crippen molar-refractivity contribution < 1.29 is 4.74 Å². The maximum Gasteiger partial charge on any atom is 0.196 e. The third-order valence-corrected chi connectivity index (χ3v) is 10.5. The van der Waals surface area contributed by atoms with Gasteiger partial charge in [0.2, 0.25) is 0 Å². The molecule has 204 valence electrons. The molecular weight excluding hydrogens is 545 g/mol. The first-order valence-electron chi connectivity index (χ1n) is 14.9. The second-order valence-corrected chi connectivity index (χ2v) is 12.8. The van der Waals surface area contributed by atoms with Crippen LogP contribution in [0.4, 0.5) is 5.69 Å². The van der Waals surface area contributed by atoms with Crippen LogP contribution in [0.25, 0.3) is 53.6 Å². The fourth-order valence-electron chi connectivity index (χ4n) is 7.38.